The third kappa shape index (κ3) is 1.67. The van der Waals surface area contributed by atoms with Gasteiger partial charge >= 0.3 is 0 Å². The number of halogens is 1. The second-order valence-electron chi connectivity index (χ2n) is 3.56. The molecule has 4 nitrogen and oxygen atoms in total. The molecule has 0 fully saturated rings. The lowest BCUT2D eigenvalue weighted by Crippen LogP contribution is -2.26. The average Bonchev–Trinajstić information content (AvgIpc) is 2.17. The molecule has 0 saturated heterocycles. The number of anilines is 1. The summed E-state index contributed by atoms with van der Waals surface area (Å²) in [5.74, 6) is 0.678. The summed E-state index contributed by atoms with van der Waals surface area (Å²) >= 11 is 6.09. The SMILES string of the molecule is CN(C)c1nc(Cl)c2c(n1)CNCC2. The van der Waals surface area contributed by atoms with E-state index in [9.17, 15) is 0 Å². The standard InChI is InChI=1S/C9H13ClN4/c1-14(2)9-12-7-5-11-4-3-6(7)8(10)13-9/h11H,3-5H2,1-2H3. The van der Waals surface area contributed by atoms with Gasteiger partial charge in [-0.05, 0) is 13.0 Å². The molecule has 14 heavy (non-hydrogen) atoms. The monoisotopic (exact) mass is 212 g/mol. The van der Waals surface area contributed by atoms with Crippen molar-refractivity contribution in [3.63, 3.8) is 0 Å². The van der Waals surface area contributed by atoms with Crippen LogP contribution in [0.25, 0.3) is 0 Å². The molecule has 1 N–H and O–H groups in total. The predicted molar refractivity (Wildman–Crippen MR) is 56.8 cm³/mol. The van der Waals surface area contributed by atoms with E-state index in [1.165, 1.54) is 0 Å². The Morgan fingerprint density at radius 1 is 1.36 bits per heavy atom. The molecule has 0 amide bonds. The first-order valence-electron chi connectivity index (χ1n) is 4.62. The number of hydrogen-bond acceptors (Lipinski definition) is 4. The number of rotatable bonds is 1. The largest absolute Gasteiger partial charge is 0.347 e. The summed E-state index contributed by atoms with van der Waals surface area (Å²) in [6, 6.07) is 0. The quantitative estimate of drug-likeness (QED) is 0.701. The molecule has 0 aliphatic carbocycles. The lowest BCUT2D eigenvalue weighted by Gasteiger charge is -2.19. The Labute approximate surface area is 88.3 Å². The number of nitrogens with zero attached hydrogens (tertiary/aromatic N) is 3. The van der Waals surface area contributed by atoms with Gasteiger partial charge in [0.15, 0.2) is 0 Å². The van der Waals surface area contributed by atoms with Crippen molar-refractivity contribution in [3.8, 4) is 0 Å². The van der Waals surface area contributed by atoms with Gasteiger partial charge in [-0.1, -0.05) is 11.6 Å². The van der Waals surface area contributed by atoms with Crippen molar-refractivity contribution in [1.29, 1.82) is 0 Å². The number of hydrogen-bond donors (Lipinski definition) is 1. The van der Waals surface area contributed by atoms with Crippen molar-refractivity contribution in [2.75, 3.05) is 25.5 Å². The Kier molecular flexibility index (Phi) is 2.56. The molecule has 2 rings (SSSR count). The molecule has 1 aliphatic heterocycles. The van der Waals surface area contributed by atoms with Crippen LogP contribution < -0.4 is 10.2 Å². The molecule has 0 spiro atoms. The number of fused-ring (bicyclic) bond motifs is 1. The Hall–Kier alpha value is -0.870. The first-order chi connectivity index (χ1) is 6.68. The van der Waals surface area contributed by atoms with Crippen molar-refractivity contribution < 1.29 is 0 Å². The van der Waals surface area contributed by atoms with Gasteiger partial charge in [-0.2, -0.15) is 0 Å². The van der Waals surface area contributed by atoms with Crippen LogP contribution in [0.5, 0.6) is 0 Å². The minimum absolute atomic E-state index is 0.597. The summed E-state index contributed by atoms with van der Waals surface area (Å²) in [4.78, 5) is 10.5. The molecular formula is C9H13ClN4. The number of nitrogens with one attached hydrogen (secondary N) is 1. The number of aromatic nitrogens is 2. The van der Waals surface area contributed by atoms with Crippen LogP contribution in [0.15, 0.2) is 0 Å². The van der Waals surface area contributed by atoms with Gasteiger partial charge in [-0.3, -0.25) is 0 Å². The van der Waals surface area contributed by atoms with Crippen LogP contribution in [0.2, 0.25) is 5.15 Å². The van der Waals surface area contributed by atoms with Gasteiger partial charge < -0.3 is 10.2 Å². The summed E-state index contributed by atoms with van der Waals surface area (Å²) in [6.07, 6.45) is 0.919. The topological polar surface area (TPSA) is 41.1 Å². The Balaban J connectivity index is 2.46. The minimum atomic E-state index is 0.597. The zero-order valence-electron chi connectivity index (χ0n) is 8.34. The lowest BCUT2D eigenvalue weighted by atomic mass is 10.1. The third-order valence-electron chi connectivity index (χ3n) is 2.27. The first kappa shape index (κ1) is 9.68. The fourth-order valence-corrected chi connectivity index (χ4v) is 1.78. The fraction of sp³-hybridized carbons (Fsp3) is 0.556. The van der Waals surface area contributed by atoms with E-state index in [-0.39, 0.29) is 0 Å². The molecule has 1 aromatic rings. The van der Waals surface area contributed by atoms with Crippen molar-refractivity contribution >= 4 is 17.5 Å². The van der Waals surface area contributed by atoms with E-state index in [0.29, 0.717) is 11.1 Å². The highest BCUT2D eigenvalue weighted by Crippen LogP contribution is 2.22. The average molecular weight is 213 g/mol. The molecule has 2 heterocycles. The normalized spacial score (nSPS) is 15.1. The van der Waals surface area contributed by atoms with E-state index < -0.39 is 0 Å². The highest BCUT2D eigenvalue weighted by molar-refractivity contribution is 6.30. The minimum Gasteiger partial charge on any atom is -0.347 e. The molecule has 0 radical (unpaired) electrons. The predicted octanol–water partition coefficient (Wildman–Crippen LogP) is 0.842. The van der Waals surface area contributed by atoms with E-state index in [1.807, 2.05) is 19.0 Å². The Morgan fingerprint density at radius 3 is 2.86 bits per heavy atom. The van der Waals surface area contributed by atoms with Crippen LogP contribution >= 0.6 is 11.6 Å². The summed E-state index contributed by atoms with van der Waals surface area (Å²) in [7, 11) is 3.82. The summed E-state index contributed by atoms with van der Waals surface area (Å²) in [5, 5.41) is 3.86. The van der Waals surface area contributed by atoms with Crippen molar-refractivity contribution in [2.45, 2.75) is 13.0 Å². The molecule has 1 aromatic heterocycles. The van der Waals surface area contributed by atoms with Crippen LogP contribution in [-0.4, -0.2) is 30.6 Å². The second-order valence-corrected chi connectivity index (χ2v) is 3.92. The molecular weight excluding hydrogens is 200 g/mol. The maximum atomic E-state index is 6.09. The molecule has 0 saturated carbocycles. The maximum Gasteiger partial charge on any atom is 0.226 e. The van der Waals surface area contributed by atoms with Gasteiger partial charge in [0.05, 0.1) is 5.69 Å². The lowest BCUT2D eigenvalue weighted by molar-refractivity contribution is 0.622. The zero-order valence-corrected chi connectivity index (χ0v) is 9.10. The van der Waals surface area contributed by atoms with Crippen LogP contribution in [-0.2, 0) is 13.0 Å². The highest BCUT2D eigenvalue weighted by atomic mass is 35.5. The third-order valence-corrected chi connectivity index (χ3v) is 2.59. The van der Waals surface area contributed by atoms with Gasteiger partial charge in [0.2, 0.25) is 5.95 Å². The molecule has 0 aromatic carbocycles. The van der Waals surface area contributed by atoms with E-state index >= 15 is 0 Å². The van der Waals surface area contributed by atoms with E-state index in [0.717, 1.165) is 30.8 Å². The van der Waals surface area contributed by atoms with Crippen LogP contribution in [0, 0.1) is 0 Å². The van der Waals surface area contributed by atoms with Gasteiger partial charge in [0.25, 0.3) is 0 Å². The van der Waals surface area contributed by atoms with Crippen molar-refractivity contribution in [2.24, 2.45) is 0 Å². The van der Waals surface area contributed by atoms with Gasteiger partial charge in [-0.25, -0.2) is 9.97 Å². The summed E-state index contributed by atoms with van der Waals surface area (Å²) in [6.45, 7) is 1.75. The molecule has 1 aliphatic rings. The van der Waals surface area contributed by atoms with Crippen molar-refractivity contribution in [1.82, 2.24) is 15.3 Å². The molecule has 76 valence electrons. The molecule has 0 unspecified atom stereocenters. The molecule has 5 heteroatoms. The smallest absolute Gasteiger partial charge is 0.226 e. The summed E-state index contributed by atoms with van der Waals surface area (Å²) < 4.78 is 0. The van der Waals surface area contributed by atoms with Gasteiger partial charge in [0.1, 0.15) is 5.15 Å². The Bertz CT molecular complexity index is 351. The Morgan fingerprint density at radius 2 is 2.14 bits per heavy atom. The highest BCUT2D eigenvalue weighted by Gasteiger charge is 2.16. The second kappa shape index (κ2) is 3.71. The first-order valence-corrected chi connectivity index (χ1v) is 4.99. The summed E-state index contributed by atoms with van der Waals surface area (Å²) in [5.41, 5.74) is 2.12. The van der Waals surface area contributed by atoms with E-state index in [1.54, 1.807) is 0 Å². The molecule has 0 atom stereocenters. The van der Waals surface area contributed by atoms with Gasteiger partial charge in [-0.15, -0.1) is 0 Å². The van der Waals surface area contributed by atoms with Crippen LogP contribution in [0.4, 0.5) is 5.95 Å². The van der Waals surface area contributed by atoms with E-state index in [4.69, 9.17) is 11.6 Å². The fourth-order valence-electron chi connectivity index (χ4n) is 1.50. The maximum absolute atomic E-state index is 6.09. The van der Waals surface area contributed by atoms with Crippen LogP contribution in [0.1, 0.15) is 11.3 Å². The van der Waals surface area contributed by atoms with Gasteiger partial charge in [0, 0.05) is 26.2 Å². The van der Waals surface area contributed by atoms with Crippen molar-refractivity contribution in [3.05, 3.63) is 16.4 Å². The van der Waals surface area contributed by atoms with E-state index in [2.05, 4.69) is 15.3 Å². The van der Waals surface area contributed by atoms with Crippen LogP contribution in [0.3, 0.4) is 0 Å². The molecule has 0 bridgehead atoms. The zero-order chi connectivity index (χ0) is 10.1.